The van der Waals surface area contributed by atoms with Crippen LogP contribution in [0.15, 0.2) is 65.7 Å². The molecular formula is C32H29ClF3N5O5S. The largest absolute Gasteiger partial charge is 0.351 e. The minimum absolute atomic E-state index is 0.00133. The number of hydrogen-bond acceptors (Lipinski definition) is 7. The molecule has 10 nitrogen and oxygen atoms in total. The summed E-state index contributed by atoms with van der Waals surface area (Å²) in [6.07, 6.45) is -0.221. The number of rotatable bonds is 9. The molecule has 2 aliphatic rings. The SMILES string of the molecule is CC(C)S(=O)(=O)c1cc(F)cc(N(C(=O)C2CCC(=O)N2c2cc(C#N)ccn2)C(C(=O)NC2CC(F)(F)C2)c2ccccc2Cl)c1. The van der Waals surface area contributed by atoms with E-state index in [0.29, 0.717) is 0 Å². The van der Waals surface area contributed by atoms with Gasteiger partial charge in [0, 0.05) is 47.8 Å². The Kier molecular flexibility index (Phi) is 9.34. The van der Waals surface area contributed by atoms with Crippen LogP contribution < -0.4 is 15.1 Å². The lowest BCUT2D eigenvalue weighted by atomic mass is 9.87. The first-order valence-corrected chi connectivity index (χ1v) is 16.5. The van der Waals surface area contributed by atoms with Crippen molar-refractivity contribution in [3.8, 4) is 6.07 Å². The highest BCUT2D eigenvalue weighted by Crippen LogP contribution is 2.40. The van der Waals surface area contributed by atoms with E-state index in [9.17, 15) is 36.8 Å². The highest BCUT2D eigenvalue weighted by atomic mass is 35.5. The Balaban J connectivity index is 1.70. The second-order valence-corrected chi connectivity index (χ2v) is 14.6. The zero-order valence-electron chi connectivity index (χ0n) is 25.2. The van der Waals surface area contributed by atoms with E-state index in [1.165, 1.54) is 50.4 Å². The summed E-state index contributed by atoms with van der Waals surface area (Å²) in [4.78, 5) is 47.6. The molecule has 1 N–H and O–H groups in total. The van der Waals surface area contributed by atoms with Crippen LogP contribution in [0.2, 0.25) is 5.02 Å². The fourth-order valence-electron chi connectivity index (χ4n) is 5.65. The van der Waals surface area contributed by atoms with Gasteiger partial charge in [0.15, 0.2) is 9.84 Å². The van der Waals surface area contributed by atoms with Crippen molar-refractivity contribution >= 4 is 50.7 Å². The van der Waals surface area contributed by atoms with Crippen LogP contribution in [0.3, 0.4) is 0 Å². The Bertz CT molecular complexity index is 1890. The van der Waals surface area contributed by atoms with Crippen LogP contribution in [-0.2, 0) is 24.2 Å². The third-order valence-corrected chi connectivity index (χ3v) is 10.6. The topological polar surface area (TPSA) is 141 Å². The molecule has 0 spiro atoms. The van der Waals surface area contributed by atoms with Crippen LogP contribution in [0.1, 0.15) is 56.7 Å². The van der Waals surface area contributed by atoms with Gasteiger partial charge in [-0.05, 0) is 56.7 Å². The molecule has 246 valence electrons. The average Bonchev–Trinajstić information content (AvgIpc) is 3.39. The lowest BCUT2D eigenvalue weighted by Gasteiger charge is -2.39. The molecule has 3 amide bonds. The van der Waals surface area contributed by atoms with Crippen molar-refractivity contribution < 1.29 is 36.0 Å². The van der Waals surface area contributed by atoms with Gasteiger partial charge in [-0.3, -0.25) is 24.2 Å². The number of amides is 3. The first kappa shape index (κ1) is 33.9. The van der Waals surface area contributed by atoms with Crippen molar-refractivity contribution in [2.45, 2.75) is 73.7 Å². The maximum Gasteiger partial charge on any atom is 0.252 e. The maximum atomic E-state index is 15.3. The molecule has 15 heteroatoms. The van der Waals surface area contributed by atoms with Crippen LogP contribution >= 0.6 is 11.6 Å². The molecule has 1 aliphatic carbocycles. The van der Waals surface area contributed by atoms with Gasteiger partial charge in [0.25, 0.3) is 11.8 Å². The van der Waals surface area contributed by atoms with Gasteiger partial charge in [-0.2, -0.15) is 5.26 Å². The van der Waals surface area contributed by atoms with Crippen LogP contribution in [0.4, 0.5) is 24.7 Å². The number of benzene rings is 2. The molecule has 3 aromatic rings. The number of sulfone groups is 1. The fraction of sp³-hybridized carbons (Fsp3) is 0.344. The number of hydrogen-bond donors (Lipinski definition) is 1. The molecule has 2 unspecified atom stereocenters. The van der Waals surface area contributed by atoms with E-state index in [2.05, 4.69) is 10.3 Å². The van der Waals surface area contributed by atoms with Crippen molar-refractivity contribution in [1.29, 1.82) is 5.26 Å². The molecule has 2 atom stereocenters. The van der Waals surface area contributed by atoms with Crippen molar-refractivity contribution in [3.05, 3.63) is 82.8 Å². The summed E-state index contributed by atoms with van der Waals surface area (Å²) in [6, 6.07) is 9.23. The van der Waals surface area contributed by atoms with Gasteiger partial charge in [0.05, 0.1) is 21.8 Å². The normalized spacial score (nSPS) is 18.4. The molecule has 5 rings (SSSR count). The molecule has 1 saturated carbocycles. The highest BCUT2D eigenvalue weighted by Gasteiger charge is 2.49. The van der Waals surface area contributed by atoms with Crippen molar-refractivity contribution in [3.63, 3.8) is 0 Å². The quantitative estimate of drug-likeness (QED) is 0.330. The molecule has 2 aromatic carbocycles. The monoisotopic (exact) mass is 687 g/mol. The van der Waals surface area contributed by atoms with E-state index < -0.39 is 80.4 Å². The minimum Gasteiger partial charge on any atom is -0.351 e. The van der Waals surface area contributed by atoms with E-state index in [-0.39, 0.29) is 40.5 Å². The Hall–Kier alpha value is -4.48. The fourth-order valence-corrected chi connectivity index (χ4v) is 7.00. The Morgan fingerprint density at radius 1 is 1.15 bits per heavy atom. The number of pyridine rings is 1. The van der Waals surface area contributed by atoms with Crippen molar-refractivity contribution in [2.24, 2.45) is 0 Å². The Labute approximate surface area is 274 Å². The molecule has 1 aliphatic heterocycles. The van der Waals surface area contributed by atoms with Gasteiger partial charge in [-0.15, -0.1) is 0 Å². The molecule has 1 saturated heterocycles. The summed E-state index contributed by atoms with van der Waals surface area (Å²) < 4.78 is 69.1. The predicted molar refractivity (Wildman–Crippen MR) is 166 cm³/mol. The number of nitrogens with zero attached hydrogens (tertiary/aromatic N) is 4. The van der Waals surface area contributed by atoms with E-state index >= 15 is 4.39 Å². The molecule has 0 bridgehead atoms. The van der Waals surface area contributed by atoms with Gasteiger partial charge < -0.3 is 5.32 Å². The van der Waals surface area contributed by atoms with Crippen LogP contribution in [0, 0.1) is 17.1 Å². The first-order chi connectivity index (χ1) is 22.1. The van der Waals surface area contributed by atoms with Crippen molar-refractivity contribution in [2.75, 3.05) is 9.80 Å². The van der Waals surface area contributed by atoms with Gasteiger partial charge in [0.1, 0.15) is 23.7 Å². The summed E-state index contributed by atoms with van der Waals surface area (Å²) in [5, 5.41) is 11.0. The van der Waals surface area contributed by atoms with E-state index in [4.69, 9.17) is 11.6 Å². The van der Waals surface area contributed by atoms with Crippen LogP contribution in [0.5, 0.6) is 0 Å². The van der Waals surface area contributed by atoms with E-state index in [1.807, 2.05) is 6.07 Å². The number of carbonyl (C=O) groups is 3. The van der Waals surface area contributed by atoms with E-state index in [0.717, 1.165) is 28.0 Å². The summed E-state index contributed by atoms with van der Waals surface area (Å²) in [5.41, 5.74) is -0.174. The third kappa shape index (κ3) is 6.82. The summed E-state index contributed by atoms with van der Waals surface area (Å²) in [6.45, 7) is 2.78. The lowest BCUT2D eigenvalue weighted by Crippen LogP contribution is -2.56. The second-order valence-electron chi connectivity index (χ2n) is 11.7. The number of halogens is 4. The van der Waals surface area contributed by atoms with Crippen LogP contribution in [-0.4, -0.2) is 54.4 Å². The Morgan fingerprint density at radius 3 is 2.49 bits per heavy atom. The Morgan fingerprint density at radius 2 is 1.85 bits per heavy atom. The summed E-state index contributed by atoms with van der Waals surface area (Å²) in [7, 11) is -4.11. The third-order valence-electron chi connectivity index (χ3n) is 8.08. The van der Waals surface area contributed by atoms with E-state index in [1.54, 1.807) is 6.07 Å². The maximum absolute atomic E-state index is 15.3. The summed E-state index contributed by atoms with van der Waals surface area (Å²) >= 11 is 6.53. The number of nitriles is 1. The predicted octanol–water partition coefficient (Wildman–Crippen LogP) is 5.11. The highest BCUT2D eigenvalue weighted by molar-refractivity contribution is 7.92. The first-order valence-electron chi connectivity index (χ1n) is 14.6. The van der Waals surface area contributed by atoms with Crippen LogP contribution in [0.25, 0.3) is 0 Å². The standard InChI is InChI=1S/C32H29ClF3N5O5S/c1-18(2)47(45,46)23-13-20(34)12-22(14-23)40(31(44)26-7-8-28(42)41(26)27-11-19(17-37)9-10-38-27)29(24-5-3-4-6-25(24)33)30(43)39-21-15-32(35,36)16-21/h3-6,9-14,18,21,26,29H,7-8,15-16H2,1-2H3,(H,39,43). The zero-order chi connectivity index (χ0) is 34.3. The number of nitrogens with one attached hydrogen (secondary N) is 1. The molecule has 1 aromatic heterocycles. The molecular weight excluding hydrogens is 659 g/mol. The van der Waals surface area contributed by atoms with Gasteiger partial charge in [0.2, 0.25) is 11.8 Å². The smallest absolute Gasteiger partial charge is 0.252 e. The van der Waals surface area contributed by atoms with Crippen molar-refractivity contribution in [1.82, 2.24) is 10.3 Å². The average molecular weight is 688 g/mol. The van der Waals surface area contributed by atoms with Gasteiger partial charge in [-0.25, -0.2) is 26.6 Å². The molecule has 0 radical (unpaired) electrons. The number of anilines is 2. The number of carbonyl (C=O) groups excluding carboxylic acids is 3. The summed E-state index contributed by atoms with van der Waals surface area (Å²) in [5.74, 6) is -6.46. The number of alkyl halides is 2. The second kappa shape index (κ2) is 13.0. The molecule has 2 heterocycles. The number of aromatic nitrogens is 1. The lowest BCUT2D eigenvalue weighted by molar-refractivity contribution is -0.133. The van der Waals surface area contributed by atoms with Gasteiger partial charge in [-0.1, -0.05) is 29.8 Å². The van der Waals surface area contributed by atoms with Gasteiger partial charge >= 0.3 is 0 Å². The zero-order valence-corrected chi connectivity index (χ0v) is 26.7. The molecule has 47 heavy (non-hydrogen) atoms. The minimum atomic E-state index is -4.11. The molecule has 2 fully saturated rings.